The molecule has 0 amide bonds. The Hall–Kier alpha value is -1.58. The molecule has 6 heteroatoms. The van der Waals surface area contributed by atoms with Crippen molar-refractivity contribution in [2.75, 3.05) is 18.8 Å². The molecule has 0 bridgehead atoms. The molecule has 0 spiro atoms. The van der Waals surface area contributed by atoms with Gasteiger partial charge in [0.15, 0.2) is 0 Å². The van der Waals surface area contributed by atoms with Crippen LogP contribution in [0.15, 0.2) is 24.3 Å². The Bertz CT molecular complexity index is 488. The number of nitrogens with one attached hydrogen (secondary N) is 1. The van der Waals surface area contributed by atoms with Crippen LogP contribution in [0.3, 0.4) is 0 Å². The first-order valence-corrected chi connectivity index (χ1v) is 5.61. The minimum atomic E-state index is -3.55. The molecular weight excluding hydrogens is 214 g/mol. The van der Waals surface area contributed by atoms with E-state index in [0.29, 0.717) is 5.56 Å². The summed E-state index contributed by atoms with van der Waals surface area (Å²) in [6.07, 6.45) is 0. The summed E-state index contributed by atoms with van der Waals surface area (Å²) in [4.78, 5) is 0. The van der Waals surface area contributed by atoms with Gasteiger partial charge in [-0.25, -0.2) is 0 Å². The van der Waals surface area contributed by atoms with Crippen molar-refractivity contribution in [2.45, 2.75) is 0 Å². The number of nitriles is 1. The largest absolute Gasteiger partial charge is 0.301 e. The summed E-state index contributed by atoms with van der Waals surface area (Å²) in [5.41, 5.74) is 0.580. The van der Waals surface area contributed by atoms with Gasteiger partial charge in [0.25, 0.3) is 0 Å². The van der Waals surface area contributed by atoms with E-state index in [-0.39, 0.29) is 5.69 Å². The molecule has 1 rings (SSSR count). The van der Waals surface area contributed by atoms with Crippen LogP contribution >= 0.6 is 0 Å². The Morgan fingerprint density at radius 1 is 1.33 bits per heavy atom. The van der Waals surface area contributed by atoms with Gasteiger partial charge < -0.3 is 0 Å². The molecular formula is C9H11N3O2S. The first-order chi connectivity index (χ1) is 6.97. The maximum Gasteiger partial charge on any atom is 0.301 e. The number of para-hydroxylation sites is 1. The highest BCUT2D eigenvalue weighted by Crippen LogP contribution is 2.15. The molecule has 0 radical (unpaired) electrons. The molecule has 80 valence electrons. The molecule has 5 nitrogen and oxygen atoms in total. The number of hydrogen-bond donors (Lipinski definition) is 1. The van der Waals surface area contributed by atoms with Gasteiger partial charge in [-0.1, -0.05) is 12.1 Å². The van der Waals surface area contributed by atoms with E-state index in [1.807, 2.05) is 6.07 Å². The Balaban J connectivity index is 3.06. The Morgan fingerprint density at radius 2 is 1.93 bits per heavy atom. The van der Waals surface area contributed by atoms with Gasteiger partial charge in [-0.05, 0) is 12.1 Å². The number of anilines is 1. The third kappa shape index (κ3) is 2.68. The van der Waals surface area contributed by atoms with Crippen LogP contribution < -0.4 is 4.72 Å². The van der Waals surface area contributed by atoms with Crippen molar-refractivity contribution in [1.29, 1.82) is 5.26 Å². The molecule has 1 aromatic carbocycles. The normalized spacial score (nSPS) is 11.1. The fourth-order valence-corrected chi connectivity index (χ4v) is 1.54. The molecule has 0 fully saturated rings. The molecule has 0 saturated carbocycles. The molecule has 0 aromatic heterocycles. The van der Waals surface area contributed by atoms with Crippen molar-refractivity contribution in [2.24, 2.45) is 0 Å². The van der Waals surface area contributed by atoms with Crippen LogP contribution in [0.25, 0.3) is 0 Å². The summed E-state index contributed by atoms with van der Waals surface area (Å²) >= 11 is 0. The highest BCUT2D eigenvalue weighted by Gasteiger charge is 2.14. The van der Waals surface area contributed by atoms with E-state index in [1.165, 1.54) is 14.1 Å². The van der Waals surface area contributed by atoms with Gasteiger partial charge in [0.05, 0.1) is 11.3 Å². The Labute approximate surface area is 89.1 Å². The lowest BCUT2D eigenvalue weighted by Gasteiger charge is -2.13. The molecule has 0 aliphatic rings. The van der Waals surface area contributed by atoms with Crippen LogP contribution in [0.4, 0.5) is 5.69 Å². The number of nitrogens with zero attached hydrogens (tertiary/aromatic N) is 2. The van der Waals surface area contributed by atoms with Crippen molar-refractivity contribution < 1.29 is 8.42 Å². The number of hydrogen-bond acceptors (Lipinski definition) is 3. The Kier molecular flexibility index (Phi) is 3.29. The number of benzene rings is 1. The molecule has 0 unspecified atom stereocenters. The van der Waals surface area contributed by atoms with E-state index < -0.39 is 10.2 Å². The zero-order valence-corrected chi connectivity index (χ0v) is 9.25. The Morgan fingerprint density at radius 3 is 2.47 bits per heavy atom. The van der Waals surface area contributed by atoms with Crippen molar-refractivity contribution in [3.05, 3.63) is 29.8 Å². The standard InChI is InChI=1S/C9H11N3O2S/c1-12(2)15(13,14)11-9-6-4-3-5-8(9)7-10/h3-6,11H,1-2H3. The maximum absolute atomic E-state index is 11.5. The van der Waals surface area contributed by atoms with Gasteiger partial charge in [-0.2, -0.15) is 18.0 Å². The monoisotopic (exact) mass is 225 g/mol. The first kappa shape index (κ1) is 11.5. The van der Waals surface area contributed by atoms with Crippen LogP contribution in [0.5, 0.6) is 0 Å². The zero-order chi connectivity index (χ0) is 11.5. The predicted molar refractivity (Wildman–Crippen MR) is 57.4 cm³/mol. The smallest absolute Gasteiger partial charge is 0.270 e. The van der Waals surface area contributed by atoms with Gasteiger partial charge in [0.2, 0.25) is 0 Å². The van der Waals surface area contributed by atoms with Crippen LogP contribution in [0.2, 0.25) is 0 Å². The van der Waals surface area contributed by atoms with Gasteiger partial charge >= 0.3 is 10.2 Å². The number of rotatable bonds is 3. The third-order valence-electron chi connectivity index (χ3n) is 1.77. The molecule has 0 aliphatic carbocycles. The lowest BCUT2D eigenvalue weighted by molar-refractivity contribution is 0.527. The third-order valence-corrected chi connectivity index (χ3v) is 3.21. The first-order valence-electron chi connectivity index (χ1n) is 4.17. The zero-order valence-electron chi connectivity index (χ0n) is 8.43. The quantitative estimate of drug-likeness (QED) is 0.826. The molecule has 0 aliphatic heterocycles. The van der Waals surface area contributed by atoms with Gasteiger partial charge in [-0.3, -0.25) is 4.72 Å². The van der Waals surface area contributed by atoms with Crippen LogP contribution in [0.1, 0.15) is 5.56 Å². The molecule has 0 heterocycles. The minimum Gasteiger partial charge on any atom is -0.270 e. The van der Waals surface area contributed by atoms with Crippen molar-refractivity contribution >= 4 is 15.9 Å². The topological polar surface area (TPSA) is 73.2 Å². The van der Waals surface area contributed by atoms with Crippen molar-refractivity contribution in [3.63, 3.8) is 0 Å². The lowest BCUT2D eigenvalue weighted by Crippen LogP contribution is -2.29. The van der Waals surface area contributed by atoms with Crippen LogP contribution in [-0.4, -0.2) is 26.8 Å². The summed E-state index contributed by atoms with van der Waals surface area (Å²) in [5.74, 6) is 0. The lowest BCUT2D eigenvalue weighted by atomic mass is 10.2. The van der Waals surface area contributed by atoms with E-state index in [2.05, 4.69) is 4.72 Å². The highest BCUT2D eigenvalue weighted by atomic mass is 32.2. The second-order valence-electron chi connectivity index (χ2n) is 3.05. The summed E-state index contributed by atoms with van der Waals surface area (Å²) in [6.45, 7) is 0. The second kappa shape index (κ2) is 4.29. The highest BCUT2D eigenvalue weighted by molar-refractivity contribution is 7.90. The maximum atomic E-state index is 11.5. The van der Waals surface area contributed by atoms with E-state index >= 15 is 0 Å². The molecule has 0 saturated heterocycles. The minimum absolute atomic E-state index is 0.286. The van der Waals surface area contributed by atoms with E-state index in [1.54, 1.807) is 24.3 Å². The molecule has 1 aromatic rings. The van der Waals surface area contributed by atoms with Crippen LogP contribution in [0, 0.1) is 11.3 Å². The van der Waals surface area contributed by atoms with E-state index in [0.717, 1.165) is 4.31 Å². The molecule has 15 heavy (non-hydrogen) atoms. The summed E-state index contributed by atoms with van der Waals surface area (Å²) in [6, 6.07) is 8.34. The molecule has 0 atom stereocenters. The summed E-state index contributed by atoms with van der Waals surface area (Å²) in [7, 11) is -0.724. The van der Waals surface area contributed by atoms with Crippen molar-refractivity contribution in [1.82, 2.24) is 4.31 Å². The average Bonchev–Trinajstić information content (AvgIpc) is 2.18. The summed E-state index contributed by atoms with van der Waals surface area (Å²) < 4.78 is 26.3. The van der Waals surface area contributed by atoms with E-state index in [9.17, 15) is 8.42 Å². The predicted octanol–water partition coefficient (Wildman–Crippen LogP) is 0.777. The van der Waals surface area contributed by atoms with E-state index in [4.69, 9.17) is 5.26 Å². The second-order valence-corrected chi connectivity index (χ2v) is 4.93. The van der Waals surface area contributed by atoms with Crippen LogP contribution in [-0.2, 0) is 10.2 Å². The van der Waals surface area contributed by atoms with Gasteiger partial charge in [0, 0.05) is 14.1 Å². The molecule has 1 N–H and O–H groups in total. The van der Waals surface area contributed by atoms with Gasteiger partial charge in [-0.15, -0.1) is 0 Å². The summed E-state index contributed by atoms with van der Waals surface area (Å²) in [5, 5.41) is 8.76. The average molecular weight is 225 g/mol. The SMILES string of the molecule is CN(C)S(=O)(=O)Nc1ccccc1C#N. The van der Waals surface area contributed by atoms with Gasteiger partial charge in [0.1, 0.15) is 6.07 Å². The fraction of sp³-hybridized carbons (Fsp3) is 0.222. The fourth-order valence-electron chi connectivity index (χ4n) is 0.900. The van der Waals surface area contributed by atoms with Crippen molar-refractivity contribution in [3.8, 4) is 6.07 Å².